The molecule has 0 aromatic heterocycles. The molecule has 3 amide bonds. The van der Waals surface area contributed by atoms with Crippen LogP contribution in [0.25, 0.3) is 0 Å². The van der Waals surface area contributed by atoms with Crippen molar-refractivity contribution in [2.45, 2.75) is 25.4 Å². The third kappa shape index (κ3) is 6.04. The minimum atomic E-state index is -0.620. The Hall–Kier alpha value is -2.93. The van der Waals surface area contributed by atoms with Crippen LogP contribution in [0.5, 0.6) is 0 Å². The molecule has 9 nitrogen and oxygen atoms in total. The SMILES string of the molecule is C#CCOCCOCCOCCNc1cccc2c1CN(C1CCC(=O)NC1=O)C2=O. The first-order valence-electron chi connectivity index (χ1n) is 10.3. The molecule has 2 aliphatic heterocycles. The zero-order chi connectivity index (χ0) is 22.1. The highest BCUT2D eigenvalue weighted by Crippen LogP contribution is 2.32. The summed E-state index contributed by atoms with van der Waals surface area (Å²) in [5.41, 5.74) is 2.27. The van der Waals surface area contributed by atoms with Crippen molar-refractivity contribution in [1.82, 2.24) is 10.2 Å². The molecule has 2 heterocycles. The molecule has 2 N–H and O–H groups in total. The summed E-state index contributed by atoms with van der Waals surface area (Å²) in [5, 5.41) is 5.61. The number of nitrogens with zero attached hydrogens (tertiary/aromatic N) is 1. The Labute approximate surface area is 181 Å². The summed E-state index contributed by atoms with van der Waals surface area (Å²) in [6, 6.07) is 4.85. The van der Waals surface area contributed by atoms with Gasteiger partial charge in [-0.25, -0.2) is 0 Å². The van der Waals surface area contributed by atoms with Crippen LogP contribution in [-0.2, 0) is 30.3 Å². The van der Waals surface area contributed by atoms with Crippen molar-refractivity contribution in [3.8, 4) is 12.3 Å². The molecule has 2 aliphatic rings. The number of hydrogen-bond acceptors (Lipinski definition) is 7. The molecule has 0 spiro atoms. The zero-order valence-electron chi connectivity index (χ0n) is 17.4. The molecule has 1 aromatic carbocycles. The minimum Gasteiger partial charge on any atom is -0.382 e. The summed E-state index contributed by atoms with van der Waals surface area (Å²) in [6.45, 7) is 3.52. The normalized spacial score (nSPS) is 18.0. The van der Waals surface area contributed by atoms with E-state index in [0.717, 1.165) is 11.3 Å². The van der Waals surface area contributed by atoms with Crippen LogP contribution in [-0.4, -0.2) is 74.8 Å². The van der Waals surface area contributed by atoms with E-state index in [2.05, 4.69) is 16.6 Å². The molecule has 1 saturated heterocycles. The van der Waals surface area contributed by atoms with Gasteiger partial charge in [-0.1, -0.05) is 12.0 Å². The van der Waals surface area contributed by atoms with Crippen LogP contribution < -0.4 is 10.6 Å². The van der Waals surface area contributed by atoms with Crippen molar-refractivity contribution in [1.29, 1.82) is 0 Å². The van der Waals surface area contributed by atoms with Gasteiger partial charge in [-0.3, -0.25) is 19.7 Å². The number of fused-ring (bicyclic) bond motifs is 1. The number of rotatable bonds is 12. The van der Waals surface area contributed by atoms with E-state index in [9.17, 15) is 14.4 Å². The van der Waals surface area contributed by atoms with Gasteiger partial charge in [-0.2, -0.15) is 0 Å². The molecule has 1 unspecified atom stereocenters. The van der Waals surface area contributed by atoms with E-state index in [-0.39, 0.29) is 24.8 Å². The van der Waals surface area contributed by atoms with E-state index in [0.29, 0.717) is 58.1 Å². The van der Waals surface area contributed by atoms with Crippen LogP contribution >= 0.6 is 0 Å². The molecular formula is C22H27N3O6. The molecule has 9 heteroatoms. The summed E-state index contributed by atoms with van der Waals surface area (Å²) in [7, 11) is 0. The second-order valence-corrected chi connectivity index (χ2v) is 7.14. The highest BCUT2D eigenvalue weighted by atomic mass is 16.5. The lowest BCUT2D eigenvalue weighted by atomic mass is 10.0. The Kier molecular flexibility index (Phi) is 8.41. The van der Waals surface area contributed by atoms with Crippen molar-refractivity contribution in [2.75, 3.05) is 51.5 Å². The predicted octanol–water partition coefficient (Wildman–Crippen LogP) is 0.542. The predicted molar refractivity (Wildman–Crippen MR) is 112 cm³/mol. The van der Waals surface area contributed by atoms with Crippen LogP contribution in [0.4, 0.5) is 5.69 Å². The van der Waals surface area contributed by atoms with Gasteiger partial charge in [0.15, 0.2) is 0 Å². The van der Waals surface area contributed by atoms with Crippen LogP contribution in [0.1, 0.15) is 28.8 Å². The van der Waals surface area contributed by atoms with Gasteiger partial charge in [-0.15, -0.1) is 6.42 Å². The maximum Gasteiger partial charge on any atom is 0.255 e. The van der Waals surface area contributed by atoms with Gasteiger partial charge < -0.3 is 24.4 Å². The maximum absolute atomic E-state index is 12.8. The number of carbonyl (C=O) groups is 3. The van der Waals surface area contributed by atoms with E-state index >= 15 is 0 Å². The lowest BCUT2D eigenvalue weighted by Crippen LogP contribution is -2.52. The summed E-state index contributed by atoms with van der Waals surface area (Å²) < 4.78 is 16.0. The molecule has 0 saturated carbocycles. The van der Waals surface area contributed by atoms with E-state index in [1.807, 2.05) is 12.1 Å². The number of nitrogens with one attached hydrogen (secondary N) is 2. The molecule has 31 heavy (non-hydrogen) atoms. The zero-order valence-corrected chi connectivity index (χ0v) is 17.4. The minimum absolute atomic E-state index is 0.187. The van der Waals surface area contributed by atoms with Crippen LogP contribution in [0.15, 0.2) is 18.2 Å². The highest BCUT2D eigenvalue weighted by Gasteiger charge is 2.39. The fourth-order valence-electron chi connectivity index (χ4n) is 3.58. The number of benzene rings is 1. The summed E-state index contributed by atoms with van der Waals surface area (Å²) >= 11 is 0. The lowest BCUT2D eigenvalue weighted by Gasteiger charge is -2.29. The number of piperidine rings is 1. The number of carbonyl (C=O) groups excluding carboxylic acids is 3. The number of amides is 3. The van der Waals surface area contributed by atoms with Crippen molar-refractivity contribution < 1.29 is 28.6 Å². The molecule has 166 valence electrons. The number of anilines is 1. The largest absolute Gasteiger partial charge is 0.382 e. The number of ether oxygens (including phenoxy) is 3. The summed E-state index contributed by atoms with van der Waals surface area (Å²) in [6.07, 6.45) is 5.66. The smallest absolute Gasteiger partial charge is 0.255 e. The monoisotopic (exact) mass is 429 g/mol. The molecule has 1 fully saturated rings. The highest BCUT2D eigenvalue weighted by molar-refractivity contribution is 6.06. The average Bonchev–Trinajstić information content (AvgIpc) is 3.09. The molecule has 1 aromatic rings. The summed E-state index contributed by atoms with van der Waals surface area (Å²) in [5.74, 6) is 1.49. The first-order chi connectivity index (χ1) is 15.1. The fraction of sp³-hybridized carbons (Fsp3) is 0.500. The van der Waals surface area contributed by atoms with Crippen LogP contribution in [0.2, 0.25) is 0 Å². The van der Waals surface area contributed by atoms with E-state index < -0.39 is 11.9 Å². The van der Waals surface area contributed by atoms with Gasteiger partial charge in [0.25, 0.3) is 5.91 Å². The quantitative estimate of drug-likeness (QED) is 0.284. The lowest BCUT2D eigenvalue weighted by molar-refractivity contribution is -0.136. The molecular weight excluding hydrogens is 402 g/mol. The molecule has 0 radical (unpaired) electrons. The van der Waals surface area contributed by atoms with Crippen molar-refractivity contribution in [3.63, 3.8) is 0 Å². The van der Waals surface area contributed by atoms with Gasteiger partial charge in [0, 0.05) is 36.3 Å². The van der Waals surface area contributed by atoms with Gasteiger partial charge in [0.05, 0.1) is 33.0 Å². The molecule has 0 aliphatic carbocycles. The topological polar surface area (TPSA) is 106 Å². The third-order valence-corrected chi connectivity index (χ3v) is 5.07. The average molecular weight is 429 g/mol. The molecule has 3 rings (SSSR count). The fourth-order valence-corrected chi connectivity index (χ4v) is 3.58. The van der Waals surface area contributed by atoms with E-state index in [1.54, 1.807) is 11.0 Å². The Bertz CT molecular complexity index is 850. The Morgan fingerprint density at radius 3 is 2.58 bits per heavy atom. The van der Waals surface area contributed by atoms with Crippen molar-refractivity contribution in [2.24, 2.45) is 0 Å². The van der Waals surface area contributed by atoms with E-state index in [4.69, 9.17) is 20.6 Å². The number of imide groups is 1. The first-order valence-corrected chi connectivity index (χ1v) is 10.3. The number of hydrogen-bond donors (Lipinski definition) is 2. The second kappa shape index (κ2) is 11.5. The standard InChI is InChI=1S/C22H27N3O6/c1-2-9-29-11-13-31-14-12-30-10-8-23-18-5-3-4-16-17(18)15-25(22(16)28)19-6-7-20(26)24-21(19)27/h1,3-5,19,23H,6-15H2,(H,24,26,27). The Morgan fingerprint density at radius 2 is 1.84 bits per heavy atom. The van der Waals surface area contributed by atoms with Gasteiger partial charge >= 0.3 is 0 Å². The first kappa shape index (κ1) is 22.7. The van der Waals surface area contributed by atoms with Gasteiger partial charge in [0.1, 0.15) is 12.6 Å². The second-order valence-electron chi connectivity index (χ2n) is 7.14. The molecule has 1 atom stereocenters. The maximum atomic E-state index is 12.8. The van der Waals surface area contributed by atoms with E-state index in [1.165, 1.54) is 0 Å². The Morgan fingerprint density at radius 1 is 1.10 bits per heavy atom. The summed E-state index contributed by atoms with van der Waals surface area (Å²) in [4.78, 5) is 37.9. The van der Waals surface area contributed by atoms with Crippen molar-refractivity contribution in [3.05, 3.63) is 29.3 Å². The number of terminal acetylenes is 1. The van der Waals surface area contributed by atoms with Crippen molar-refractivity contribution >= 4 is 23.4 Å². The third-order valence-electron chi connectivity index (χ3n) is 5.07. The van der Waals surface area contributed by atoms with Gasteiger partial charge in [-0.05, 0) is 18.6 Å². The van der Waals surface area contributed by atoms with Crippen LogP contribution in [0.3, 0.4) is 0 Å². The molecule has 0 bridgehead atoms. The van der Waals surface area contributed by atoms with Gasteiger partial charge in [0.2, 0.25) is 11.8 Å². The van der Waals surface area contributed by atoms with Crippen LogP contribution in [0, 0.1) is 12.3 Å². The Balaban J connectivity index is 1.41.